The van der Waals surface area contributed by atoms with Crippen molar-refractivity contribution in [3.63, 3.8) is 0 Å². The normalized spacial score (nSPS) is 11.0. The third-order valence-corrected chi connectivity index (χ3v) is 6.10. The Balaban J connectivity index is 1.65. The van der Waals surface area contributed by atoms with E-state index in [0.29, 0.717) is 46.0 Å². The molecule has 0 radical (unpaired) electrons. The number of benzene rings is 3. The molecule has 4 aromatic rings. The largest absolute Gasteiger partial charge is 0.496 e. The maximum atomic E-state index is 12.5. The summed E-state index contributed by atoms with van der Waals surface area (Å²) in [6, 6.07) is 19.9. The molecule has 0 saturated heterocycles. The summed E-state index contributed by atoms with van der Waals surface area (Å²) >= 11 is 0. The zero-order valence-electron chi connectivity index (χ0n) is 21.3. The summed E-state index contributed by atoms with van der Waals surface area (Å²) in [7, 11) is 1.53. The lowest BCUT2D eigenvalue weighted by molar-refractivity contribution is -0.134. The van der Waals surface area contributed by atoms with Crippen LogP contribution in [-0.2, 0) is 21.4 Å². The van der Waals surface area contributed by atoms with Crippen molar-refractivity contribution in [1.82, 2.24) is 4.98 Å². The van der Waals surface area contributed by atoms with Gasteiger partial charge in [0.2, 0.25) is 0 Å². The number of ether oxygens (including phenoxy) is 1. The van der Waals surface area contributed by atoms with Crippen LogP contribution in [0.3, 0.4) is 0 Å². The van der Waals surface area contributed by atoms with Crippen LogP contribution in [0.25, 0.3) is 11.3 Å². The van der Waals surface area contributed by atoms with E-state index in [1.165, 1.54) is 13.5 Å². The lowest BCUT2D eigenvalue weighted by Crippen LogP contribution is -2.31. The summed E-state index contributed by atoms with van der Waals surface area (Å²) in [6.07, 6.45) is 3.43. The molecule has 0 aliphatic rings. The monoisotopic (exact) mass is 512 g/mol. The second-order valence-corrected chi connectivity index (χ2v) is 9.33. The van der Waals surface area contributed by atoms with Gasteiger partial charge in [-0.05, 0) is 53.8 Å². The van der Waals surface area contributed by atoms with Gasteiger partial charge in [-0.25, -0.2) is 4.98 Å². The fourth-order valence-electron chi connectivity index (χ4n) is 4.39. The average Bonchev–Trinajstić information content (AvgIpc) is 3.44. The molecule has 4 N–H and O–H groups in total. The highest BCUT2D eigenvalue weighted by Crippen LogP contribution is 2.45. The van der Waals surface area contributed by atoms with Crippen LogP contribution in [0.5, 0.6) is 5.75 Å². The molecule has 0 fully saturated rings. The number of anilines is 2. The number of hydrogen-bond acceptors (Lipinski definition) is 6. The number of rotatable bonds is 8. The van der Waals surface area contributed by atoms with Crippen LogP contribution in [0, 0.1) is 0 Å². The second kappa shape index (κ2) is 11.0. The molecular formula is C29H28N4O5. The third kappa shape index (κ3) is 5.73. The minimum absolute atomic E-state index is 0.192. The molecular weight excluding hydrogens is 484 g/mol. The first-order valence-electron chi connectivity index (χ1n) is 11.9. The molecule has 0 atom stereocenters. The first kappa shape index (κ1) is 26.2. The van der Waals surface area contributed by atoms with Gasteiger partial charge in [0, 0.05) is 22.5 Å². The minimum atomic E-state index is -1.10. The maximum absolute atomic E-state index is 12.5. The molecule has 9 heteroatoms. The topological polar surface area (TPSA) is 137 Å². The van der Waals surface area contributed by atoms with Gasteiger partial charge < -0.3 is 25.5 Å². The second-order valence-electron chi connectivity index (χ2n) is 9.33. The van der Waals surface area contributed by atoms with Crippen molar-refractivity contribution in [1.29, 1.82) is 0 Å². The standard InChI is InChI=1S/C29H28N4O5/c1-29(2,15-18-9-11-20(12-10-18)32-27(35)19-7-5-4-6-8-19)24-22(33-28(36)26(30)34)14-13-21(25(24)37-3)23-16-31-17-38-23/h4-14,16-17H,15H2,1-3H3,(H2,30,34)(H,32,35)(H,33,36). The summed E-state index contributed by atoms with van der Waals surface area (Å²) in [5.74, 6) is -1.26. The van der Waals surface area contributed by atoms with Crippen LogP contribution in [0.2, 0.25) is 0 Å². The molecule has 4 rings (SSSR count). The highest BCUT2D eigenvalue weighted by molar-refractivity contribution is 6.39. The van der Waals surface area contributed by atoms with Crippen LogP contribution in [-0.4, -0.2) is 29.8 Å². The molecule has 38 heavy (non-hydrogen) atoms. The van der Waals surface area contributed by atoms with Crippen molar-refractivity contribution < 1.29 is 23.5 Å². The molecule has 0 spiro atoms. The summed E-state index contributed by atoms with van der Waals surface area (Å²) in [5, 5.41) is 5.50. The summed E-state index contributed by atoms with van der Waals surface area (Å²) in [5.41, 5.74) is 8.50. The van der Waals surface area contributed by atoms with Gasteiger partial charge in [-0.2, -0.15) is 0 Å². The van der Waals surface area contributed by atoms with Gasteiger partial charge in [0.05, 0.1) is 18.9 Å². The van der Waals surface area contributed by atoms with E-state index in [9.17, 15) is 14.4 Å². The van der Waals surface area contributed by atoms with E-state index >= 15 is 0 Å². The quantitative estimate of drug-likeness (QED) is 0.296. The summed E-state index contributed by atoms with van der Waals surface area (Å²) in [4.78, 5) is 40.2. The molecule has 3 aromatic carbocycles. The molecule has 1 aromatic heterocycles. The Bertz CT molecular complexity index is 1450. The van der Waals surface area contributed by atoms with E-state index in [4.69, 9.17) is 14.9 Å². The van der Waals surface area contributed by atoms with E-state index in [-0.39, 0.29) is 5.91 Å². The summed E-state index contributed by atoms with van der Waals surface area (Å²) in [6.45, 7) is 4.00. The van der Waals surface area contributed by atoms with E-state index < -0.39 is 17.2 Å². The van der Waals surface area contributed by atoms with Gasteiger partial charge in [0.15, 0.2) is 12.2 Å². The number of carbonyl (C=O) groups is 3. The Kier molecular flexibility index (Phi) is 7.57. The molecule has 1 heterocycles. The van der Waals surface area contributed by atoms with E-state index in [1.54, 1.807) is 30.5 Å². The number of nitrogens with two attached hydrogens (primary N) is 1. The van der Waals surface area contributed by atoms with Crippen molar-refractivity contribution in [3.05, 3.63) is 96.0 Å². The molecule has 3 amide bonds. The van der Waals surface area contributed by atoms with E-state index in [1.807, 2.05) is 56.3 Å². The average molecular weight is 513 g/mol. The number of nitrogens with zero attached hydrogens (tertiary/aromatic N) is 1. The van der Waals surface area contributed by atoms with Gasteiger partial charge in [0.1, 0.15) is 5.75 Å². The molecule has 0 saturated carbocycles. The van der Waals surface area contributed by atoms with Crippen LogP contribution in [0.1, 0.15) is 35.3 Å². The Hall–Kier alpha value is -4.92. The number of methoxy groups -OCH3 is 1. The van der Waals surface area contributed by atoms with Crippen LogP contribution in [0.4, 0.5) is 11.4 Å². The van der Waals surface area contributed by atoms with Gasteiger partial charge in [0.25, 0.3) is 5.91 Å². The van der Waals surface area contributed by atoms with Gasteiger partial charge in [-0.15, -0.1) is 0 Å². The number of carbonyl (C=O) groups excluding carboxylic acids is 3. The molecule has 0 aliphatic carbocycles. The SMILES string of the molecule is COc1c(-c2cnco2)ccc(NC(=O)C(N)=O)c1C(C)(C)Cc1ccc(NC(=O)c2ccccc2)cc1. The zero-order chi connectivity index (χ0) is 27.3. The van der Waals surface area contributed by atoms with Crippen LogP contribution >= 0.6 is 0 Å². The number of hydrogen-bond donors (Lipinski definition) is 3. The van der Waals surface area contributed by atoms with E-state index in [2.05, 4.69) is 15.6 Å². The Morgan fingerprint density at radius 1 is 0.974 bits per heavy atom. The van der Waals surface area contributed by atoms with Crippen molar-refractivity contribution in [2.45, 2.75) is 25.7 Å². The van der Waals surface area contributed by atoms with Crippen molar-refractivity contribution >= 4 is 29.1 Å². The minimum Gasteiger partial charge on any atom is -0.496 e. The number of aromatic nitrogens is 1. The van der Waals surface area contributed by atoms with Crippen molar-refractivity contribution in [2.75, 3.05) is 17.7 Å². The highest BCUT2D eigenvalue weighted by Gasteiger charge is 2.32. The maximum Gasteiger partial charge on any atom is 0.313 e. The van der Waals surface area contributed by atoms with E-state index in [0.717, 1.165) is 5.56 Å². The Morgan fingerprint density at radius 2 is 1.68 bits per heavy atom. The Morgan fingerprint density at radius 3 is 2.29 bits per heavy atom. The first-order valence-corrected chi connectivity index (χ1v) is 11.9. The number of oxazole rings is 1. The lowest BCUT2D eigenvalue weighted by Gasteiger charge is -2.31. The Labute approximate surface area is 220 Å². The van der Waals surface area contributed by atoms with Crippen LogP contribution in [0.15, 0.2) is 83.7 Å². The molecule has 0 unspecified atom stereocenters. The van der Waals surface area contributed by atoms with Crippen LogP contribution < -0.4 is 21.1 Å². The highest BCUT2D eigenvalue weighted by atomic mass is 16.5. The fraction of sp³-hybridized carbons (Fsp3) is 0.172. The summed E-state index contributed by atoms with van der Waals surface area (Å²) < 4.78 is 11.3. The van der Waals surface area contributed by atoms with Gasteiger partial charge in [-0.1, -0.05) is 44.2 Å². The molecule has 0 aliphatic heterocycles. The predicted octanol–water partition coefficient (Wildman–Crippen LogP) is 4.55. The fourth-order valence-corrected chi connectivity index (χ4v) is 4.39. The smallest absolute Gasteiger partial charge is 0.313 e. The van der Waals surface area contributed by atoms with Gasteiger partial charge in [-0.3, -0.25) is 14.4 Å². The van der Waals surface area contributed by atoms with Crippen molar-refractivity contribution in [2.24, 2.45) is 5.73 Å². The number of nitrogens with one attached hydrogen (secondary N) is 2. The molecule has 0 bridgehead atoms. The molecule has 194 valence electrons. The van der Waals surface area contributed by atoms with Gasteiger partial charge >= 0.3 is 11.8 Å². The van der Waals surface area contributed by atoms with Crippen molar-refractivity contribution in [3.8, 4) is 17.1 Å². The predicted molar refractivity (Wildman–Crippen MR) is 144 cm³/mol. The third-order valence-electron chi connectivity index (χ3n) is 6.10. The first-order chi connectivity index (χ1) is 18.2. The lowest BCUT2D eigenvalue weighted by atomic mass is 9.77. The number of amides is 3. The number of primary amides is 1. The molecule has 9 nitrogen and oxygen atoms in total. The zero-order valence-corrected chi connectivity index (χ0v) is 21.3.